The molecule has 0 amide bonds. The van der Waals surface area contributed by atoms with E-state index in [9.17, 15) is 9.90 Å². The summed E-state index contributed by atoms with van der Waals surface area (Å²) >= 11 is 1.57. The molecule has 2 atom stereocenters. The van der Waals surface area contributed by atoms with Gasteiger partial charge in [-0.3, -0.25) is 4.79 Å². The Morgan fingerprint density at radius 2 is 2.06 bits per heavy atom. The zero-order chi connectivity index (χ0) is 12.0. The molecule has 2 N–H and O–H groups in total. The van der Waals surface area contributed by atoms with Gasteiger partial charge in [0.1, 0.15) is 0 Å². The van der Waals surface area contributed by atoms with E-state index in [-0.39, 0.29) is 17.8 Å². The first-order valence-electron chi connectivity index (χ1n) is 6.09. The van der Waals surface area contributed by atoms with Crippen molar-refractivity contribution in [1.29, 1.82) is 0 Å². The first-order chi connectivity index (χ1) is 7.58. The minimum Gasteiger partial charge on any atom is -0.481 e. The number of thioether (sulfide) groups is 1. The average Bonchev–Trinajstić information content (AvgIpc) is 2.66. The molecule has 0 radical (unpaired) electrons. The second-order valence-corrected chi connectivity index (χ2v) is 6.25. The van der Waals surface area contributed by atoms with Gasteiger partial charge in [0.25, 0.3) is 0 Å². The highest BCUT2D eigenvalue weighted by atomic mass is 32.2. The average molecular weight is 246 g/mol. The maximum absolute atomic E-state index is 10.5. The van der Waals surface area contributed by atoms with E-state index in [1.54, 1.807) is 11.8 Å². The van der Waals surface area contributed by atoms with Gasteiger partial charge in [-0.25, -0.2) is 0 Å². The molecule has 94 valence electrons. The molecule has 1 rings (SSSR count). The summed E-state index contributed by atoms with van der Waals surface area (Å²) < 4.78 is 0. The molecule has 16 heavy (non-hydrogen) atoms. The second-order valence-electron chi connectivity index (χ2n) is 4.78. The molecule has 1 fully saturated rings. The van der Waals surface area contributed by atoms with Crippen LogP contribution < -0.4 is 0 Å². The van der Waals surface area contributed by atoms with Crippen molar-refractivity contribution in [2.75, 3.05) is 5.75 Å². The summed E-state index contributed by atoms with van der Waals surface area (Å²) in [5, 5.41) is 18.5. The van der Waals surface area contributed by atoms with E-state index in [0.29, 0.717) is 11.7 Å². The van der Waals surface area contributed by atoms with Gasteiger partial charge >= 0.3 is 5.97 Å². The van der Waals surface area contributed by atoms with Crippen LogP contribution in [0.15, 0.2) is 0 Å². The minimum atomic E-state index is -0.759. The first kappa shape index (κ1) is 13.8. The van der Waals surface area contributed by atoms with Crippen LogP contribution in [0.2, 0.25) is 0 Å². The third-order valence-corrected chi connectivity index (χ3v) is 4.43. The Kier molecular flexibility index (Phi) is 6.21. The Hall–Kier alpha value is -0.220. The number of carboxylic acids is 1. The van der Waals surface area contributed by atoms with Gasteiger partial charge in [0.05, 0.1) is 12.5 Å². The zero-order valence-corrected chi connectivity index (χ0v) is 10.7. The van der Waals surface area contributed by atoms with Crippen molar-refractivity contribution in [3.8, 4) is 0 Å². The number of carbonyl (C=O) groups is 1. The fourth-order valence-corrected chi connectivity index (χ4v) is 3.23. The van der Waals surface area contributed by atoms with E-state index in [1.165, 1.54) is 25.7 Å². The van der Waals surface area contributed by atoms with Crippen LogP contribution in [0.5, 0.6) is 0 Å². The molecule has 1 saturated carbocycles. The molecular formula is C12H22O3S. The van der Waals surface area contributed by atoms with Crippen molar-refractivity contribution in [2.45, 2.75) is 56.8 Å². The number of rotatable bonds is 7. The summed E-state index contributed by atoms with van der Waals surface area (Å²) in [7, 11) is 0. The van der Waals surface area contributed by atoms with Gasteiger partial charge in [0.15, 0.2) is 0 Å². The molecular weight excluding hydrogens is 224 g/mol. The van der Waals surface area contributed by atoms with E-state index in [2.05, 4.69) is 0 Å². The fraction of sp³-hybridized carbons (Fsp3) is 0.917. The van der Waals surface area contributed by atoms with Crippen LogP contribution in [-0.4, -0.2) is 33.3 Å². The summed E-state index contributed by atoms with van der Waals surface area (Å²) in [6.07, 6.45) is 5.94. The number of aliphatic hydroxyl groups excluding tert-OH is 1. The van der Waals surface area contributed by atoms with Crippen LogP contribution >= 0.6 is 11.8 Å². The van der Waals surface area contributed by atoms with Crippen LogP contribution in [0.25, 0.3) is 0 Å². The van der Waals surface area contributed by atoms with Gasteiger partial charge in [-0.2, -0.15) is 11.8 Å². The minimum absolute atomic E-state index is 0.0933. The molecule has 4 heteroatoms. The van der Waals surface area contributed by atoms with Crippen LogP contribution in [-0.2, 0) is 4.79 Å². The van der Waals surface area contributed by atoms with Gasteiger partial charge in [0, 0.05) is 11.0 Å². The molecule has 1 aliphatic rings. The predicted octanol–water partition coefficient (Wildman–Crippen LogP) is 2.52. The number of hydrogen-bond acceptors (Lipinski definition) is 3. The van der Waals surface area contributed by atoms with Crippen molar-refractivity contribution < 1.29 is 15.0 Å². The van der Waals surface area contributed by atoms with Gasteiger partial charge < -0.3 is 10.2 Å². The van der Waals surface area contributed by atoms with Crippen LogP contribution in [0.4, 0.5) is 0 Å². The normalized spacial score (nSPS) is 20.9. The van der Waals surface area contributed by atoms with Gasteiger partial charge in [-0.15, -0.1) is 0 Å². The maximum Gasteiger partial charge on any atom is 0.304 e. The standard InChI is InChI=1S/C12H22O3S/c1-9(6-12(14)15)16-8-11(13)7-10-4-2-3-5-10/h9-11,13H,2-8H2,1H3,(H,14,15). The van der Waals surface area contributed by atoms with Crippen molar-refractivity contribution >= 4 is 17.7 Å². The Labute approximate surface area is 102 Å². The lowest BCUT2D eigenvalue weighted by Crippen LogP contribution is -2.17. The summed E-state index contributed by atoms with van der Waals surface area (Å²) in [4.78, 5) is 10.5. The molecule has 3 nitrogen and oxygen atoms in total. The predicted molar refractivity (Wildman–Crippen MR) is 66.8 cm³/mol. The van der Waals surface area contributed by atoms with Gasteiger partial charge in [-0.1, -0.05) is 32.6 Å². The molecule has 1 aliphatic carbocycles. The Bertz CT molecular complexity index is 214. The lowest BCUT2D eigenvalue weighted by molar-refractivity contribution is -0.136. The summed E-state index contributed by atoms with van der Waals surface area (Å²) in [5.41, 5.74) is 0. The summed E-state index contributed by atoms with van der Waals surface area (Å²) in [6.45, 7) is 1.90. The van der Waals surface area contributed by atoms with Crippen molar-refractivity contribution in [3.63, 3.8) is 0 Å². The van der Waals surface area contributed by atoms with Crippen molar-refractivity contribution in [3.05, 3.63) is 0 Å². The van der Waals surface area contributed by atoms with Gasteiger partial charge in [0.2, 0.25) is 0 Å². The van der Waals surface area contributed by atoms with E-state index in [1.807, 2.05) is 6.92 Å². The smallest absolute Gasteiger partial charge is 0.304 e. The van der Waals surface area contributed by atoms with E-state index in [0.717, 1.165) is 6.42 Å². The number of carboxylic acid groups (broad SMARTS) is 1. The Morgan fingerprint density at radius 1 is 1.44 bits per heavy atom. The number of aliphatic hydroxyl groups is 1. The molecule has 0 aliphatic heterocycles. The highest BCUT2D eigenvalue weighted by molar-refractivity contribution is 7.99. The lowest BCUT2D eigenvalue weighted by atomic mass is 10.0. The van der Waals surface area contributed by atoms with Crippen LogP contribution in [0, 0.1) is 5.92 Å². The van der Waals surface area contributed by atoms with E-state index in [4.69, 9.17) is 5.11 Å². The molecule has 0 aromatic carbocycles. The van der Waals surface area contributed by atoms with E-state index >= 15 is 0 Å². The Morgan fingerprint density at radius 3 is 2.62 bits per heavy atom. The second kappa shape index (κ2) is 7.17. The number of hydrogen-bond donors (Lipinski definition) is 2. The fourth-order valence-electron chi connectivity index (χ4n) is 2.28. The zero-order valence-electron chi connectivity index (χ0n) is 9.89. The number of aliphatic carboxylic acids is 1. The molecule has 0 aromatic heterocycles. The quantitative estimate of drug-likeness (QED) is 0.724. The first-order valence-corrected chi connectivity index (χ1v) is 7.14. The monoisotopic (exact) mass is 246 g/mol. The third-order valence-electron chi connectivity index (χ3n) is 3.12. The highest BCUT2D eigenvalue weighted by Crippen LogP contribution is 2.29. The van der Waals surface area contributed by atoms with Crippen molar-refractivity contribution in [1.82, 2.24) is 0 Å². The summed E-state index contributed by atoms with van der Waals surface area (Å²) in [5.74, 6) is 0.612. The summed E-state index contributed by atoms with van der Waals surface area (Å²) in [6, 6.07) is 0. The maximum atomic E-state index is 10.5. The molecule has 0 spiro atoms. The Balaban J connectivity index is 2.08. The van der Waals surface area contributed by atoms with Crippen molar-refractivity contribution in [2.24, 2.45) is 5.92 Å². The SMILES string of the molecule is CC(CC(=O)O)SCC(O)CC1CCCC1. The van der Waals surface area contributed by atoms with Gasteiger partial charge in [-0.05, 0) is 12.3 Å². The topological polar surface area (TPSA) is 57.5 Å². The molecule has 0 heterocycles. The highest BCUT2D eigenvalue weighted by Gasteiger charge is 2.19. The van der Waals surface area contributed by atoms with E-state index < -0.39 is 5.97 Å². The molecule has 2 unspecified atom stereocenters. The van der Waals surface area contributed by atoms with Crippen LogP contribution in [0.1, 0.15) is 45.4 Å². The molecule has 0 bridgehead atoms. The molecule has 0 aromatic rings. The third kappa shape index (κ3) is 5.75. The largest absolute Gasteiger partial charge is 0.481 e. The lowest BCUT2D eigenvalue weighted by Gasteiger charge is -2.16. The molecule has 0 saturated heterocycles. The van der Waals surface area contributed by atoms with Crippen LogP contribution in [0.3, 0.4) is 0 Å².